The molecule has 0 aromatic rings. The third-order valence-corrected chi connectivity index (χ3v) is 5.29. The molecule has 1 heterocycles. The van der Waals surface area contributed by atoms with Crippen molar-refractivity contribution in [3.8, 4) is 0 Å². The lowest BCUT2D eigenvalue weighted by Gasteiger charge is -2.37. The maximum atomic E-state index is 12.4. The molecule has 20 heavy (non-hydrogen) atoms. The van der Waals surface area contributed by atoms with Gasteiger partial charge in [0.05, 0.1) is 12.6 Å². The summed E-state index contributed by atoms with van der Waals surface area (Å²) >= 11 is 0. The number of likely N-dealkylation sites (tertiary alicyclic amines) is 1. The molecule has 1 amide bonds. The molecule has 0 aromatic carbocycles. The van der Waals surface area contributed by atoms with Gasteiger partial charge < -0.3 is 10.0 Å². The van der Waals surface area contributed by atoms with Gasteiger partial charge >= 0.3 is 0 Å². The fourth-order valence-electron chi connectivity index (χ4n) is 3.39. The van der Waals surface area contributed by atoms with E-state index in [4.69, 9.17) is 0 Å². The molecule has 2 fully saturated rings. The normalized spacial score (nSPS) is 35.8. The summed E-state index contributed by atoms with van der Waals surface area (Å²) in [6, 6.07) is 0.423. The number of hydrogen-bond acceptors (Lipinski definition) is 3. The lowest BCUT2D eigenvalue weighted by atomic mass is 9.87. The average molecular weight is 282 g/mol. The topological polar surface area (TPSA) is 43.8 Å². The van der Waals surface area contributed by atoms with Crippen molar-refractivity contribution in [1.82, 2.24) is 9.80 Å². The maximum absolute atomic E-state index is 12.4. The van der Waals surface area contributed by atoms with Crippen LogP contribution in [0.25, 0.3) is 0 Å². The Balaban J connectivity index is 1.79. The number of aliphatic hydroxyl groups is 1. The van der Waals surface area contributed by atoms with Crippen LogP contribution in [0.4, 0.5) is 0 Å². The van der Waals surface area contributed by atoms with Gasteiger partial charge in [0.2, 0.25) is 5.91 Å². The Morgan fingerprint density at radius 2 is 1.85 bits per heavy atom. The fourth-order valence-corrected chi connectivity index (χ4v) is 3.39. The second-order valence-electron chi connectivity index (χ2n) is 6.99. The van der Waals surface area contributed by atoms with Crippen LogP contribution in [-0.2, 0) is 4.79 Å². The quantitative estimate of drug-likeness (QED) is 0.857. The minimum atomic E-state index is -0.280. The molecule has 0 aromatic heterocycles. The van der Waals surface area contributed by atoms with E-state index < -0.39 is 0 Å². The van der Waals surface area contributed by atoms with E-state index in [1.807, 2.05) is 11.9 Å². The van der Waals surface area contributed by atoms with E-state index >= 15 is 0 Å². The van der Waals surface area contributed by atoms with E-state index in [1.54, 1.807) is 0 Å². The van der Waals surface area contributed by atoms with Gasteiger partial charge in [-0.25, -0.2) is 0 Å². The number of likely N-dealkylation sites (N-methyl/N-ethyl adjacent to an activating group) is 1. The first-order chi connectivity index (χ1) is 9.47. The fraction of sp³-hybridized carbons (Fsp3) is 0.938. The predicted molar refractivity (Wildman–Crippen MR) is 80.4 cm³/mol. The van der Waals surface area contributed by atoms with Gasteiger partial charge in [-0.2, -0.15) is 0 Å². The van der Waals surface area contributed by atoms with Gasteiger partial charge in [0.15, 0.2) is 0 Å². The van der Waals surface area contributed by atoms with Crippen LogP contribution in [0.1, 0.15) is 46.0 Å². The molecule has 2 atom stereocenters. The molecule has 0 radical (unpaired) electrons. The first-order valence-electron chi connectivity index (χ1n) is 8.13. The number of carbonyl (C=O) groups excluding carboxylic acids is 1. The summed E-state index contributed by atoms with van der Waals surface area (Å²) < 4.78 is 0. The predicted octanol–water partition coefficient (Wildman–Crippen LogP) is 1.73. The van der Waals surface area contributed by atoms with Gasteiger partial charge in [-0.15, -0.1) is 0 Å². The van der Waals surface area contributed by atoms with E-state index in [0.29, 0.717) is 25.0 Å². The molecule has 1 saturated carbocycles. The molecule has 2 unspecified atom stereocenters. The van der Waals surface area contributed by atoms with Crippen LogP contribution >= 0.6 is 0 Å². The van der Waals surface area contributed by atoms with Crippen LogP contribution in [0.2, 0.25) is 0 Å². The number of rotatable bonds is 3. The van der Waals surface area contributed by atoms with Gasteiger partial charge in [0, 0.05) is 19.6 Å². The molecule has 0 spiro atoms. The molecule has 0 bridgehead atoms. The van der Waals surface area contributed by atoms with Crippen molar-refractivity contribution in [3.63, 3.8) is 0 Å². The number of piperidine rings is 1. The van der Waals surface area contributed by atoms with Crippen molar-refractivity contribution in [2.75, 3.05) is 26.7 Å². The molecule has 2 rings (SSSR count). The van der Waals surface area contributed by atoms with Gasteiger partial charge in [-0.05, 0) is 50.5 Å². The van der Waals surface area contributed by atoms with Crippen molar-refractivity contribution in [2.24, 2.45) is 11.8 Å². The van der Waals surface area contributed by atoms with E-state index in [1.165, 1.54) is 12.8 Å². The van der Waals surface area contributed by atoms with Crippen LogP contribution in [0.3, 0.4) is 0 Å². The third kappa shape index (κ3) is 3.95. The van der Waals surface area contributed by atoms with Crippen LogP contribution < -0.4 is 0 Å². The number of aliphatic hydroxyl groups excluding tert-OH is 1. The molecule has 1 saturated heterocycles. The summed E-state index contributed by atoms with van der Waals surface area (Å²) in [5, 5.41) is 9.91. The van der Waals surface area contributed by atoms with Crippen molar-refractivity contribution in [2.45, 2.75) is 58.1 Å². The zero-order valence-electron chi connectivity index (χ0n) is 13.2. The number of hydrogen-bond donors (Lipinski definition) is 1. The highest BCUT2D eigenvalue weighted by Gasteiger charge is 2.29. The zero-order valence-corrected chi connectivity index (χ0v) is 13.2. The molecule has 1 aliphatic heterocycles. The molecular formula is C16H30N2O2. The van der Waals surface area contributed by atoms with Crippen molar-refractivity contribution < 1.29 is 9.90 Å². The summed E-state index contributed by atoms with van der Waals surface area (Å²) in [6.07, 6.45) is 5.47. The second-order valence-corrected chi connectivity index (χ2v) is 6.99. The second kappa shape index (κ2) is 6.90. The highest BCUT2D eigenvalue weighted by Crippen LogP contribution is 2.26. The summed E-state index contributed by atoms with van der Waals surface area (Å²) in [7, 11) is 1.95. The summed E-state index contributed by atoms with van der Waals surface area (Å²) in [6.45, 7) is 6.42. The minimum Gasteiger partial charge on any atom is -0.392 e. The zero-order chi connectivity index (χ0) is 14.7. The van der Waals surface area contributed by atoms with E-state index in [-0.39, 0.29) is 12.0 Å². The lowest BCUT2D eigenvalue weighted by molar-refractivity contribution is -0.135. The van der Waals surface area contributed by atoms with Gasteiger partial charge in [0.25, 0.3) is 0 Å². The van der Waals surface area contributed by atoms with Gasteiger partial charge in [0.1, 0.15) is 0 Å². The van der Waals surface area contributed by atoms with Crippen molar-refractivity contribution in [3.05, 3.63) is 0 Å². The molecule has 2 aliphatic rings. The van der Waals surface area contributed by atoms with E-state index in [2.05, 4.69) is 18.7 Å². The minimum absolute atomic E-state index is 0.214. The number of β-amino-alcohol motifs (C(OH)–C–C–N with tert-alkyl or cyclic N) is 1. The Kier molecular flexibility index (Phi) is 5.44. The standard InChI is InChI=1S/C16H30N2O2/c1-12-4-6-14(7-5-12)17(3)16(20)11-18-9-8-13(2)15(19)10-18/h12-15,19H,4-11H2,1-3H3. The first kappa shape index (κ1) is 15.8. The Morgan fingerprint density at radius 1 is 1.20 bits per heavy atom. The van der Waals surface area contributed by atoms with E-state index in [0.717, 1.165) is 31.7 Å². The molecule has 1 N–H and O–H groups in total. The van der Waals surface area contributed by atoms with Crippen LogP contribution in [0.15, 0.2) is 0 Å². The van der Waals surface area contributed by atoms with Crippen LogP contribution in [0, 0.1) is 11.8 Å². The van der Waals surface area contributed by atoms with E-state index in [9.17, 15) is 9.90 Å². The summed E-state index contributed by atoms with van der Waals surface area (Å²) in [4.78, 5) is 16.4. The number of amides is 1. The Labute approximate surface area is 123 Å². The monoisotopic (exact) mass is 282 g/mol. The lowest BCUT2D eigenvalue weighted by Crippen LogP contribution is -2.49. The summed E-state index contributed by atoms with van der Waals surface area (Å²) in [5.41, 5.74) is 0. The highest BCUT2D eigenvalue weighted by molar-refractivity contribution is 5.78. The summed E-state index contributed by atoms with van der Waals surface area (Å²) in [5.74, 6) is 1.39. The number of carbonyl (C=O) groups is 1. The van der Waals surface area contributed by atoms with Gasteiger partial charge in [-0.3, -0.25) is 9.69 Å². The molecular weight excluding hydrogens is 252 g/mol. The molecule has 116 valence electrons. The Hall–Kier alpha value is -0.610. The van der Waals surface area contributed by atoms with Crippen LogP contribution in [0.5, 0.6) is 0 Å². The smallest absolute Gasteiger partial charge is 0.236 e. The molecule has 1 aliphatic carbocycles. The van der Waals surface area contributed by atoms with Crippen molar-refractivity contribution in [1.29, 1.82) is 0 Å². The third-order valence-electron chi connectivity index (χ3n) is 5.29. The maximum Gasteiger partial charge on any atom is 0.236 e. The van der Waals surface area contributed by atoms with Crippen LogP contribution in [-0.4, -0.2) is 59.6 Å². The Morgan fingerprint density at radius 3 is 2.45 bits per heavy atom. The molecule has 4 heteroatoms. The largest absolute Gasteiger partial charge is 0.392 e. The highest BCUT2D eigenvalue weighted by atomic mass is 16.3. The molecule has 4 nitrogen and oxygen atoms in total. The number of nitrogens with zero attached hydrogens (tertiary/aromatic N) is 2. The Bertz CT molecular complexity index is 326. The SMILES string of the molecule is CC1CCC(N(C)C(=O)CN2CCC(C)C(O)C2)CC1. The van der Waals surface area contributed by atoms with Gasteiger partial charge in [-0.1, -0.05) is 13.8 Å². The first-order valence-corrected chi connectivity index (χ1v) is 8.13. The average Bonchev–Trinajstić information content (AvgIpc) is 2.43. The van der Waals surface area contributed by atoms with Crippen molar-refractivity contribution >= 4 is 5.91 Å².